The van der Waals surface area contributed by atoms with E-state index >= 15 is 0 Å². The van der Waals surface area contributed by atoms with Crippen LogP contribution in [-0.2, 0) is 6.54 Å². The highest BCUT2D eigenvalue weighted by Gasteiger charge is 2.33. The van der Waals surface area contributed by atoms with Crippen molar-refractivity contribution in [2.75, 3.05) is 13.1 Å². The van der Waals surface area contributed by atoms with Crippen LogP contribution in [0.3, 0.4) is 0 Å². The van der Waals surface area contributed by atoms with E-state index in [1.165, 1.54) is 9.58 Å². The summed E-state index contributed by atoms with van der Waals surface area (Å²) < 4.78 is 3.47. The second-order valence-electron chi connectivity index (χ2n) is 9.13. The lowest BCUT2D eigenvalue weighted by Crippen LogP contribution is -2.40. The molecule has 0 aliphatic heterocycles. The summed E-state index contributed by atoms with van der Waals surface area (Å²) in [6, 6.07) is 22.6. The van der Waals surface area contributed by atoms with Gasteiger partial charge in [0.15, 0.2) is 0 Å². The average Bonchev–Trinajstić information content (AvgIpc) is 3.56. The Bertz CT molecular complexity index is 1400. The number of thiophene rings is 2. The monoisotopic (exact) mass is 502 g/mol. The van der Waals surface area contributed by atoms with E-state index in [-0.39, 0.29) is 17.9 Å². The molecule has 3 aromatic heterocycles. The summed E-state index contributed by atoms with van der Waals surface area (Å²) in [5.41, 5.74) is 9.15. The molecule has 180 valence electrons. The molecule has 0 saturated carbocycles. The van der Waals surface area contributed by atoms with Gasteiger partial charge in [-0.15, -0.1) is 22.7 Å². The number of hydrogen-bond donors (Lipinski definition) is 1. The smallest absolute Gasteiger partial charge is 0.264 e. The Morgan fingerprint density at radius 2 is 1.86 bits per heavy atom. The van der Waals surface area contributed by atoms with Crippen molar-refractivity contribution < 1.29 is 4.79 Å². The van der Waals surface area contributed by atoms with E-state index in [1.807, 2.05) is 23.1 Å². The Morgan fingerprint density at radius 3 is 2.60 bits per heavy atom. The molecule has 5 aromatic rings. The van der Waals surface area contributed by atoms with Crippen molar-refractivity contribution in [1.29, 1.82) is 0 Å². The van der Waals surface area contributed by atoms with E-state index in [0.29, 0.717) is 19.6 Å². The number of rotatable bonds is 9. The normalized spacial score (nSPS) is 12.6. The Hall–Kier alpha value is -3.00. The minimum Gasteiger partial charge on any atom is -0.330 e. The highest BCUT2D eigenvalue weighted by atomic mass is 32.2. The van der Waals surface area contributed by atoms with Crippen molar-refractivity contribution in [2.24, 2.45) is 11.7 Å². The molecule has 0 fully saturated rings. The summed E-state index contributed by atoms with van der Waals surface area (Å²) in [5, 5.41) is 3.21. The lowest BCUT2D eigenvalue weighted by molar-refractivity contribution is 0.0610. The van der Waals surface area contributed by atoms with Gasteiger partial charge in [0.2, 0.25) is 0 Å². The van der Waals surface area contributed by atoms with Crippen LogP contribution in [0.15, 0.2) is 72.1 Å². The van der Waals surface area contributed by atoms with Crippen LogP contribution in [0.25, 0.3) is 20.4 Å². The predicted molar refractivity (Wildman–Crippen MR) is 147 cm³/mol. The number of benzene rings is 2. The molecule has 2 aromatic carbocycles. The number of imidazole rings is 1. The molecule has 35 heavy (non-hydrogen) atoms. The van der Waals surface area contributed by atoms with Crippen molar-refractivity contribution in [3.05, 3.63) is 88.4 Å². The molecule has 0 radical (unpaired) electrons. The molecule has 1 amide bonds. The molecule has 2 N–H and O–H groups in total. The zero-order chi connectivity index (χ0) is 24.4. The van der Waals surface area contributed by atoms with Crippen molar-refractivity contribution >= 4 is 49.0 Å². The summed E-state index contributed by atoms with van der Waals surface area (Å²) >= 11 is 3.26. The van der Waals surface area contributed by atoms with Gasteiger partial charge in [0.05, 0.1) is 26.0 Å². The maximum absolute atomic E-state index is 14.0. The minimum absolute atomic E-state index is 0.0591. The fourth-order valence-corrected chi connectivity index (χ4v) is 6.76. The Morgan fingerprint density at radius 1 is 1.09 bits per heavy atom. The summed E-state index contributed by atoms with van der Waals surface area (Å²) in [6.07, 6.45) is 0.744. The molecule has 0 spiro atoms. The molecule has 0 aliphatic rings. The predicted octanol–water partition coefficient (Wildman–Crippen LogP) is 6.55. The fraction of sp³-hybridized carbons (Fsp3) is 0.286. The third-order valence-electron chi connectivity index (χ3n) is 6.32. The minimum atomic E-state index is -0.176. The molecule has 0 bridgehead atoms. The zero-order valence-corrected chi connectivity index (χ0v) is 21.7. The number of amides is 1. The van der Waals surface area contributed by atoms with Crippen LogP contribution in [-0.4, -0.2) is 33.4 Å². The number of carbonyl (C=O) groups is 1. The zero-order valence-electron chi connectivity index (χ0n) is 20.1. The van der Waals surface area contributed by atoms with E-state index in [4.69, 9.17) is 10.7 Å². The standard InChI is InChI=1S/C28H30N4OS2/c1-19(2)25(31(15-8-14-29)27(33)24-17-21-13-16-34-28(21)35-24)26-30-22-11-6-7-12-23(22)32(26)18-20-9-4-3-5-10-20/h3-7,9-13,16-17,19,25H,8,14-15,18,29H2,1-2H3. The van der Waals surface area contributed by atoms with Gasteiger partial charge < -0.3 is 15.2 Å². The number of nitrogens with two attached hydrogens (primary N) is 1. The molecule has 3 heterocycles. The largest absolute Gasteiger partial charge is 0.330 e. The molecule has 1 atom stereocenters. The fourth-order valence-electron chi connectivity index (χ4n) is 4.69. The van der Waals surface area contributed by atoms with Crippen molar-refractivity contribution in [3.63, 3.8) is 0 Å². The molecular formula is C28H30N4OS2. The van der Waals surface area contributed by atoms with Crippen LogP contribution in [0, 0.1) is 5.92 Å². The lowest BCUT2D eigenvalue weighted by Gasteiger charge is -2.34. The summed E-state index contributed by atoms with van der Waals surface area (Å²) in [4.78, 5) is 21.9. The van der Waals surface area contributed by atoms with E-state index in [0.717, 1.165) is 33.5 Å². The molecule has 5 rings (SSSR count). The van der Waals surface area contributed by atoms with E-state index < -0.39 is 0 Å². The van der Waals surface area contributed by atoms with Crippen molar-refractivity contribution in [2.45, 2.75) is 32.9 Å². The van der Waals surface area contributed by atoms with Crippen LogP contribution in [0.4, 0.5) is 0 Å². The number of para-hydroxylation sites is 2. The quantitative estimate of drug-likeness (QED) is 0.249. The van der Waals surface area contributed by atoms with E-state index in [9.17, 15) is 4.79 Å². The third kappa shape index (κ3) is 4.76. The molecule has 7 heteroatoms. The maximum atomic E-state index is 14.0. The molecule has 0 saturated heterocycles. The first kappa shape index (κ1) is 23.7. The van der Waals surface area contributed by atoms with E-state index in [2.05, 4.69) is 72.3 Å². The summed E-state index contributed by atoms with van der Waals surface area (Å²) in [7, 11) is 0. The number of fused-ring (bicyclic) bond motifs is 2. The Labute approximate surface area is 213 Å². The van der Waals surface area contributed by atoms with Gasteiger partial charge in [-0.05, 0) is 54.1 Å². The molecule has 0 aliphatic carbocycles. The SMILES string of the molecule is CC(C)C(c1nc2ccccc2n1Cc1ccccc1)N(CCCN)C(=O)c1cc2ccsc2s1. The average molecular weight is 503 g/mol. The van der Waals surface area contributed by atoms with Crippen LogP contribution in [0.1, 0.15) is 47.4 Å². The summed E-state index contributed by atoms with van der Waals surface area (Å²) in [5.74, 6) is 1.15. The van der Waals surface area contributed by atoms with Gasteiger partial charge in [-0.1, -0.05) is 56.3 Å². The first-order chi connectivity index (χ1) is 17.1. The highest BCUT2D eigenvalue weighted by molar-refractivity contribution is 7.38. The van der Waals surface area contributed by atoms with Crippen molar-refractivity contribution in [3.8, 4) is 0 Å². The Kier molecular flexibility index (Phi) is 7.00. The highest BCUT2D eigenvalue weighted by Crippen LogP contribution is 2.36. The van der Waals surface area contributed by atoms with Gasteiger partial charge in [0.1, 0.15) is 5.82 Å². The Balaban J connectivity index is 1.62. The lowest BCUT2D eigenvalue weighted by atomic mass is 10.00. The van der Waals surface area contributed by atoms with Gasteiger partial charge in [0, 0.05) is 18.5 Å². The molecule has 1 unspecified atom stereocenters. The summed E-state index contributed by atoms with van der Waals surface area (Å²) in [6.45, 7) is 6.18. The molecular weight excluding hydrogens is 472 g/mol. The van der Waals surface area contributed by atoms with Crippen molar-refractivity contribution in [1.82, 2.24) is 14.5 Å². The topological polar surface area (TPSA) is 64.2 Å². The van der Waals surface area contributed by atoms with Crippen LogP contribution >= 0.6 is 22.7 Å². The second kappa shape index (κ2) is 10.3. The van der Waals surface area contributed by atoms with Gasteiger partial charge in [-0.25, -0.2) is 4.98 Å². The van der Waals surface area contributed by atoms with Gasteiger partial charge >= 0.3 is 0 Å². The number of hydrogen-bond acceptors (Lipinski definition) is 5. The van der Waals surface area contributed by atoms with Gasteiger partial charge in [-0.3, -0.25) is 4.79 Å². The first-order valence-electron chi connectivity index (χ1n) is 12.0. The number of aromatic nitrogens is 2. The van der Waals surface area contributed by atoms with Crippen LogP contribution in [0.5, 0.6) is 0 Å². The first-order valence-corrected chi connectivity index (χ1v) is 13.7. The number of nitrogens with zero attached hydrogens (tertiary/aromatic N) is 3. The second-order valence-corrected chi connectivity index (χ2v) is 11.4. The van der Waals surface area contributed by atoms with Gasteiger partial charge in [-0.2, -0.15) is 0 Å². The van der Waals surface area contributed by atoms with Crippen LogP contribution in [0.2, 0.25) is 0 Å². The molecule has 5 nitrogen and oxygen atoms in total. The van der Waals surface area contributed by atoms with Gasteiger partial charge in [0.25, 0.3) is 5.91 Å². The van der Waals surface area contributed by atoms with Crippen LogP contribution < -0.4 is 5.73 Å². The number of carbonyl (C=O) groups excluding carboxylic acids is 1. The third-order valence-corrected chi connectivity index (χ3v) is 8.52. The van der Waals surface area contributed by atoms with E-state index in [1.54, 1.807) is 22.7 Å². The maximum Gasteiger partial charge on any atom is 0.264 e.